The van der Waals surface area contributed by atoms with Gasteiger partial charge in [0, 0.05) is 5.69 Å². The Morgan fingerprint density at radius 2 is 1.19 bits per heavy atom. The normalized spacial score (nSPS) is 10.7. The predicted octanol–water partition coefficient (Wildman–Crippen LogP) is 6.85. The van der Waals surface area contributed by atoms with Crippen LogP contribution >= 0.6 is 12.2 Å². The van der Waals surface area contributed by atoms with Crippen LogP contribution in [0.5, 0.6) is 0 Å². The van der Waals surface area contributed by atoms with Crippen molar-refractivity contribution in [3.05, 3.63) is 107 Å². The number of aromatic nitrogens is 1. The standard InChI is InChI=1S/C24H19NS/c1-18-12-14-22(15-13-18)25-23(20-10-6-3-7-11-20)16-21(17-24(25)26)19-8-4-2-5-9-19/h2-17H,1H3. The minimum Gasteiger partial charge on any atom is -0.301 e. The minimum absolute atomic E-state index is 0.800. The molecule has 0 saturated carbocycles. The second-order valence-electron chi connectivity index (χ2n) is 6.37. The molecular weight excluding hydrogens is 334 g/mol. The predicted molar refractivity (Wildman–Crippen MR) is 112 cm³/mol. The lowest BCUT2D eigenvalue weighted by molar-refractivity contribution is 1.03. The number of benzene rings is 3. The summed E-state index contributed by atoms with van der Waals surface area (Å²) in [6, 6.07) is 33.6. The van der Waals surface area contributed by atoms with Crippen LogP contribution in [0.4, 0.5) is 0 Å². The second kappa shape index (κ2) is 7.11. The fourth-order valence-electron chi connectivity index (χ4n) is 3.15. The summed E-state index contributed by atoms with van der Waals surface area (Å²) < 4.78 is 2.95. The van der Waals surface area contributed by atoms with Crippen molar-refractivity contribution in [2.24, 2.45) is 0 Å². The minimum atomic E-state index is 0.800. The van der Waals surface area contributed by atoms with Crippen molar-refractivity contribution in [1.29, 1.82) is 0 Å². The van der Waals surface area contributed by atoms with E-state index in [2.05, 4.69) is 96.4 Å². The highest BCUT2D eigenvalue weighted by Gasteiger charge is 2.10. The summed E-state index contributed by atoms with van der Waals surface area (Å²) in [6.45, 7) is 2.10. The Bertz CT molecular complexity index is 1080. The highest BCUT2D eigenvalue weighted by molar-refractivity contribution is 7.71. The van der Waals surface area contributed by atoms with E-state index in [0.29, 0.717) is 0 Å². The van der Waals surface area contributed by atoms with Gasteiger partial charge in [0.2, 0.25) is 0 Å². The van der Waals surface area contributed by atoms with Gasteiger partial charge >= 0.3 is 0 Å². The summed E-state index contributed by atoms with van der Waals surface area (Å²) in [6.07, 6.45) is 0. The zero-order valence-electron chi connectivity index (χ0n) is 14.6. The maximum Gasteiger partial charge on any atom is 0.111 e. The van der Waals surface area contributed by atoms with E-state index in [4.69, 9.17) is 12.2 Å². The van der Waals surface area contributed by atoms with Crippen molar-refractivity contribution in [3.63, 3.8) is 0 Å². The van der Waals surface area contributed by atoms with E-state index >= 15 is 0 Å². The van der Waals surface area contributed by atoms with Gasteiger partial charge < -0.3 is 4.57 Å². The van der Waals surface area contributed by atoms with Gasteiger partial charge in [-0.05, 0) is 47.9 Å². The number of hydrogen-bond donors (Lipinski definition) is 0. The van der Waals surface area contributed by atoms with Gasteiger partial charge in [0.15, 0.2) is 0 Å². The molecule has 0 aliphatic carbocycles. The topological polar surface area (TPSA) is 4.93 Å². The molecule has 0 atom stereocenters. The molecule has 0 aliphatic rings. The number of pyridine rings is 1. The Morgan fingerprint density at radius 3 is 1.81 bits per heavy atom. The monoisotopic (exact) mass is 353 g/mol. The third-order valence-corrected chi connectivity index (χ3v) is 4.80. The van der Waals surface area contributed by atoms with Crippen molar-refractivity contribution < 1.29 is 0 Å². The maximum atomic E-state index is 5.80. The van der Waals surface area contributed by atoms with E-state index in [9.17, 15) is 0 Å². The van der Waals surface area contributed by atoms with Crippen LogP contribution in [-0.2, 0) is 0 Å². The van der Waals surface area contributed by atoms with Gasteiger partial charge in [-0.3, -0.25) is 0 Å². The molecule has 0 unspecified atom stereocenters. The summed E-state index contributed by atoms with van der Waals surface area (Å²) in [4.78, 5) is 0. The molecule has 0 amide bonds. The van der Waals surface area contributed by atoms with Crippen LogP contribution in [0.1, 0.15) is 5.56 Å². The van der Waals surface area contributed by atoms with E-state index in [1.165, 1.54) is 11.1 Å². The third kappa shape index (κ3) is 3.24. The molecule has 0 bridgehead atoms. The third-order valence-electron chi connectivity index (χ3n) is 4.50. The van der Waals surface area contributed by atoms with Crippen LogP contribution in [0.25, 0.3) is 28.1 Å². The van der Waals surface area contributed by atoms with E-state index in [-0.39, 0.29) is 0 Å². The number of rotatable bonds is 3. The molecule has 1 nitrogen and oxygen atoms in total. The molecule has 0 aliphatic heterocycles. The van der Waals surface area contributed by atoms with Gasteiger partial charge in [-0.2, -0.15) is 0 Å². The lowest BCUT2D eigenvalue weighted by Gasteiger charge is -2.17. The molecule has 1 aromatic heterocycles. The van der Waals surface area contributed by atoms with E-state index in [1.807, 2.05) is 12.1 Å². The first-order chi connectivity index (χ1) is 12.7. The molecule has 0 radical (unpaired) electrons. The first kappa shape index (κ1) is 16.5. The van der Waals surface area contributed by atoms with Crippen molar-refractivity contribution in [1.82, 2.24) is 4.57 Å². The van der Waals surface area contributed by atoms with Crippen molar-refractivity contribution in [2.45, 2.75) is 6.92 Å². The zero-order valence-corrected chi connectivity index (χ0v) is 15.4. The molecule has 4 rings (SSSR count). The molecule has 3 aromatic carbocycles. The molecule has 0 saturated heterocycles. The molecule has 4 aromatic rings. The molecule has 126 valence electrons. The summed E-state index contributed by atoms with van der Waals surface area (Å²) in [7, 11) is 0. The van der Waals surface area contributed by atoms with Gasteiger partial charge in [0.05, 0.1) is 5.69 Å². The van der Waals surface area contributed by atoms with Gasteiger partial charge in [-0.1, -0.05) is 90.6 Å². The number of nitrogens with zero attached hydrogens (tertiary/aromatic N) is 1. The Labute approximate surface area is 159 Å². The second-order valence-corrected chi connectivity index (χ2v) is 6.79. The summed E-state index contributed by atoms with van der Waals surface area (Å²) in [5, 5.41) is 0. The van der Waals surface area contributed by atoms with Crippen LogP contribution in [-0.4, -0.2) is 4.57 Å². The van der Waals surface area contributed by atoms with Crippen LogP contribution in [0.15, 0.2) is 97.1 Å². The van der Waals surface area contributed by atoms with E-state index < -0.39 is 0 Å². The number of hydrogen-bond acceptors (Lipinski definition) is 1. The highest BCUT2D eigenvalue weighted by Crippen LogP contribution is 2.29. The summed E-state index contributed by atoms with van der Waals surface area (Å²) in [5.74, 6) is 0. The maximum absolute atomic E-state index is 5.80. The van der Waals surface area contributed by atoms with Crippen molar-refractivity contribution >= 4 is 12.2 Å². The molecule has 0 N–H and O–H groups in total. The fourth-order valence-corrected chi connectivity index (χ4v) is 3.48. The lowest BCUT2D eigenvalue weighted by Crippen LogP contribution is -2.02. The largest absolute Gasteiger partial charge is 0.301 e. The van der Waals surface area contributed by atoms with Crippen LogP contribution < -0.4 is 0 Å². The van der Waals surface area contributed by atoms with Crippen molar-refractivity contribution in [3.8, 4) is 28.1 Å². The SMILES string of the molecule is Cc1ccc(-n2c(-c3ccccc3)cc(-c3ccccc3)cc2=S)cc1. The fraction of sp³-hybridized carbons (Fsp3) is 0.0417. The lowest BCUT2D eigenvalue weighted by atomic mass is 10.0. The average Bonchev–Trinajstić information content (AvgIpc) is 2.70. The van der Waals surface area contributed by atoms with Crippen LogP contribution in [0, 0.1) is 11.6 Å². The van der Waals surface area contributed by atoms with Crippen LogP contribution in [0.2, 0.25) is 0 Å². The molecule has 26 heavy (non-hydrogen) atoms. The summed E-state index contributed by atoms with van der Waals surface area (Å²) in [5.41, 5.74) is 6.88. The zero-order chi connectivity index (χ0) is 17.9. The van der Waals surface area contributed by atoms with Gasteiger partial charge in [0.1, 0.15) is 4.64 Å². The Hall–Kier alpha value is -2.97. The van der Waals surface area contributed by atoms with Gasteiger partial charge in [0.25, 0.3) is 0 Å². The first-order valence-electron chi connectivity index (χ1n) is 8.67. The quantitative estimate of drug-likeness (QED) is 0.365. The molecule has 0 spiro atoms. The van der Waals surface area contributed by atoms with E-state index in [0.717, 1.165) is 27.1 Å². The van der Waals surface area contributed by atoms with E-state index in [1.54, 1.807) is 0 Å². The molecule has 1 heterocycles. The highest BCUT2D eigenvalue weighted by atomic mass is 32.1. The first-order valence-corrected chi connectivity index (χ1v) is 9.08. The molecular formula is C24H19NS. The Kier molecular flexibility index (Phi) is 4.51. The Morgan fingerprint density at radius 1 is 0.615 bits per heavy atom. The van der Waals surface area contributed by atoms with Gasteiger partial charge in [-0.25, -0.2) is 0 Å². The smallest absolute Gasteiger partial charge is 0.111 e. The summed E-state index contributed by atoms with van der Waals surface area (Å²) >= 11 is 5.80. The molecule has 2 heteroatoms. The average molecular weight is 353 g/mol. The van der Waals surface area contributed by atoms with Crippen molar-refractivity contribution in [2.75, 3.05) is 0 Å². The van der Waals surface area contributed by atoms with Crippen LogP contribution in [0.3, 0.4) is 0 Å². The van der Waals surface area contributed by atoms with Gasteiger partial charge in [-0.15, -0.1) is 0 Å². The Balaban J connectivity index is 1.99. The number of aryl methyl sites for hydroxylation is 1. The molecule has 0 fully saturated rings.